The van der Waals surface area contributed by atoms with Crippen molar-refractivity contribution in [1.29, 1.82) is 0 Å². The standard InChI is InChI=1S/C19H24ClN3O3S.C18H24N4O3/c20-15-4-5-17-16(10-15)14(12-27-17)11-21-19(25)23-8-6-13(7-9-23)2-1-3-18(24)22-26;23-17(21-25)7-3-4-13-8-10-22(11-9-13)18(24)20-16-12-19-15-6-2-1-5-14(15)16/h4-5,10,12-13,26H,1-3,6-9,11H2,(H,21,25)(H,22,24);1-2,5-6,12-13,19,25H,3-4,7-11H2,(H,20,24)(H,21,23). The highest BCUT2D eigenvalue weighted by molar-refractivity contribution is 7.17. The summed E-state index contributed by atoms with van der Waals surface area (Å²) in [7, 11) is 0. The number of carbonyl (C=O) groups is 4. The van der Waals surface area contributed by atoms with Crippen molar-refractivity contribution in [2.75, 3.05) is 31.5 Å². The van der Waals surface area contributed by atoms with Crippen LogP contribution >= 0.6 is 22.9 Å². The number of hydrogen-bond acceptors (Lipinski definition) is 7. The number of anilines is 1. The molecule has 2 aromatic carbocycles. The van der Waals surface area contributed by atoms with Crippen LogP contribution in [0.4, 0.5) is 15.3 Å². The maximum absolute atomic E-state index is 12.5. The Hall–Kier alpha value is -4.37. The second kappa shape index (κ2) is 19.5. The molecule has 13 nitrogen and oxygen atoms in total. The van der Waals surface area contributed by atoms with Gasteiger partial charge in [-0.25, -0.2) is 20.5 Å². The molecule has 52 heavy (non-hydrogen) atoms. The van der Waals surface area contributed by atoms with E-state index in [0.29, 0.717) is 36.2 Å². The van der Waals surface area contributed by atoms with Gasteiger partial charge >= 0.3 is 12.1 Å². The summed E-state index contributed by atoms with van der Waals surface area (Å²) in [4.78, 5) is 53.8. The summed E-state index contributed by atoms with van der Waals surface area (Å²) in [5, 5.41) is 27.9. The molecule has 2 saturated heterocycles. The number of rotatable bonds is 11. The van der Waals surface area contributed by atoms with E-state index in [9.17, 15) is 19.2 Å². The number of aromatic amines is 1. The first kappa shape index (κ1) is 38.9. The van der Waals surface area contributed by atoms with Crippen LogP contribution in [0.15, 0.2) is 54.0 Å². The van der Waals surface area contributed by atoms with Gasteiger partial charge in [-0.15, -0.1) is 11.3 Å². The predicted octanol–water partition coefficient (Wildman–Crippen LogP) is 7.24. The van der Waals surface area contributed by atoms with Crippen molar-refractivity contribution in [3.05, 3.63) is 64.6 Å². The van der Waals surface area contributed by atoms with Crippen LogP contribution in [0.3, 0.4) is 0 Å². The molecule has 0 aliphatic carbocycles. The van der Waals surface area contributed by atoms with Gasteiger partial charge in [0.25, 0.3) is 0 Å². The number of urea groups is 2. The molecule has 2 fully saturated rings. The Balaban J connectivity index is 0.000000202. The van der Waals surface area contributed by atoms with Crippen molar-refractivity contribution in [2.24, 2.45) is 11.8 Å². The van der Waals surface area contributed by atoms with Crippen LogP contribution < -0.4 is 21.6 Å². The van der Waals surface area contributed by atoms with Gasteiger partial charge in [0.05, 0.1) is 5.69 Å². The number of likely N-dealkylation sites (tertiary alicyclic amines) is 2. The fraction of sp³-hybridized carbons (Fsp3) is 0.459. The molecule has 280 valence electrons. The van der Waals surface area contributed by atoms with E-state index in [-0.39, 0.29) is 23.9 Å². The summed E-state index contributed by atoms with van der Waals surface area (Å²) in [5.74, 6) is 0.386. The summed E-state index contributed by atoms with van der Waals surface area (Å²) in [5.41, 5.74) is 6.21. The van der Waals surface area contributed by atoms with Gasteiger partial charge in [0.15, 0.2) is 0 Å². The number of thiophene rings is 1. The lowest BCUT2D eigenvalue weighted by Crippen LogP contribution is -2.44. The minimum absolute atomic E-state index is 0.0329. The number of para-hydroxylation sites is 1. The van der Waals surface area contributed by atoms with Crippen molar-refractivity contribution in [1.82, 2.24) is 31.1 Å². The molecule has 0 bridgehead atoms. The van der Waals surface area contributed by atoms with Crippen LogP contribution in [-0.2, 0) is 16.1 Å². The predicted molar refractivity (Wildman–Crippen MR) is 203 cm³/mol. The highest BCUT2D eigenvalue weighted by atomic mass is 35.5. The van der Waals surface area contributed by atoms with Crippen molar-refractivity contribution in [3.8, 4) is 0 Å². The largest absolute Gasteiger partial charge is 0.359 e. The lowest BCUT2D eigenvalue weighted by molar-refractivity contribution is -0.130. The Kier molecular flexibility index (Phi) is 14.5. The van der Waals surface area contributed by atoms with Crippen molar-refractivity contribution < 1.29 is 29.6 Å². The zero-order valence-electron chi connectivity index (χ0n) is 29.2. The molecule has 7 N–H and O–H groups in total. The molecule has 0 atom stereocenters. The van der Waals surface area contributed by atoms with Gasteiger partial charge in [0.2, 0.25) is 11.8 Å². The molecule has 2 aliphatic heterocycles. The van der Waals surface area contributed by atoms with Crippen LogP contribution in [0.1, 0.15) is 69.8 Å². The minimum Gasteiger partial charge on any atom is -0.359 e. The van der Waals surface area contributed by atoms with Gasteiger partial charge < -0.3 is 25.4 Å². The van der Waals surface area contributed by atoms with Gasteiger partial charge in [0, 0.05) is 72.4 Å². The highest BCUT2D eigenvalue weighted by Gasteiger charge is 2.24. The van der Waals surface area contributed by atoms with E-state index in [2.05, 4.69) is 21.0 Å². The minimum atomic E-state index is -0.339. The fourth-order valence-electron chi connectivity index (χ4n) is 6.91. The van der Waals surface area contributed by atoms with Crippen LogP contribution in [0.25, 0.3) is 21.0 Å². The Bertz CT molecular complexity index is 1800. The number of aromatic nitrogens is 1. The Morgan fingerprint density at radius 1 is 0.808 bits per heavy atom. The summed E-state index contributed by atoms with van der Waals surface area (Å²) >= 11 is 7.74. The second-order valence-corrected chi connectivity index (χ2v) is 14.8. The molecule has 2 aromatic heterocycles. The van der Waals surface area contributed by atoms with Crippen molar-refractivity contribution in [3.63, 3.8) is 0 Å². The monoisotopic (exact) mass is 753 g/mol. The SMILES string of the molecule is O=C(CCCC1CCN(C(=O)NCc2csc3ccc(Cl)cc23)CC1)NO.O=C(CCCC1CCN(C(=O)Nc2c[nH]c3ccccc23)CC1)NO. The molecule has 0 radical (unpaired) electrons. The molecule has 6 amide bonds. The third-order valence-corrected chi connectivity index (χ3v) is 11.2. The number of fused-ring (bicyclic) bond motifs is 2. The van der Waals surface area contributed by atoms with Crippen LogP contribution in [0.2, 0.25) is 5.02 Å². The van der Waals surface area contributed by atoms with Gasteiger partial charge in [-0.1, -0.05) is 29.8 Å². The number of hydrogen-bond donors (Lipinski definition) is 7. The van der Waals surface area contributed by atoms with Crippen LogP contribution in [0, 0.1) is 11.8 Å². The van der Waals surface area contributed by atoms with E-state index in [0.717, 1.165) is 105 Å². The van der Waals surface area contributed by atoms with Crippen LogP contribution in [-0.4, -0.2) is 75.3 Å². The Morgan fingerprint density at radius 3 is 2.02 bits per heavy atom. The van der Waals surface area contributed by atoms with E-state index in [1.807, 2.05) is 58.5 Å². The zero-order chi connectivity index (χ0) is 36.9. The maximum atomic E-state index is 12.5. The topological polar surface area (TPSA) is 179 Å². The Labute approximate surface area is 312 Å². The zero-order valence-corrected chi connectivity index (χ0v) is 30.7. The molecular weight excluding hydrogens is 706 g/mol. The second-order valence-electron chi connectivity index (χ2n) is 13.5. The smallest absolute Gasteiger partial charge is 0.321 e. The number of piperidine rings is 2. The van der Waals surface area contributed by atoms with Crippen LogP contribution in [0.5, 0.6) is 0 Å². The number of nitrogens with one attached hydrogen (secondary N) is 5. The molecule has 2 aliphatic rings. The third-order valence-electron chi connectivity index (χ3n) is 9.96. The van der Waals surface area contributed by atoms with Gasteiger partial charge in [-0.05, 0) is 104 Å². The highest BCUT2D eigenvalue weighted by Crippen LogP contribution is 2.29. The summed E-state index contributed by atoms with van der Waals surface area (Å²) < 4.78 is 1.17. The molecular formula is C37H48ClN7O6S. The van der Waals surface area contributed by atoms with E-state index < -0.39 is 0 Å². The maximum Gasteiger partial charge on any atom is 0.321 e. The number of carbonyl (C=O) groups excluding carboxylic acids is 4. The third kappa shape index (κ3) is 11.1. The van der Waals surface area contributed by atoms with Gasteiger partial charge in [-0.3, -0.25) is 20.0 Å². The normalized spacial score (nSPS) is 15.2. The summed E-state index contributed by atoms with van der Waals surface area (Å²) in [6.45, 7) is 3.42. The van der Waals surface area contributed by atoms with E-state index in [1.54, 1.807) is 22.3 Å². The van der Waals surface area contributed by atoms with Gasteiger partial charge in [-0.2, -0.15) is 0 Å². The molecule has 4 aromatic rings. The van der Waals surface area contributed by atoms with Gasteiger partial charge in [0.1, 0.15) is 0 Å². The fourth-order valence-corrected chi connectivity index (χ4v) is 8.02. The lowest BCUT2D eigenvalue weighted by Gasteiger charge is -2.32. The number of nitrogens with zero attached hydrogens (tertiary/aromatic N) is 2. The van der Waals surface area contributed by atoms with E-state index >= 15 is 0 Å². The quantitative estimate of drug-likeness (QED) is 0.0627. The number of benzene rings is 2. The molecule has 6 rings (SSSR count). The first-order valence-corrected chi connectivity index (χ1v) is 19.2. The summed E-state index contributed by atoms with van der Waals surface area (Å²) in [6.07, 6.45) is 9.72. The molecule has 4 heterocycles. The average molecular weight is 754 g/mol. The van der Waals surface area contributed by atoms with Crippen molar-refractivity contribution in [2.45, 2.75) is 70.8 Å². The first-order chi connectivity index (χ1) is 25.2. The summed E-state index contributed by atoms with van der Waals surface area (Å²) in [6, 6.07) is 13.6. The molecule has 0 unspecified atom stereocenters. The number of halogens is 1. The molecule has 0 saturated carbocycles. The lowest BCUT2D eigenvalue weighted by atomic mass is 9.91. The number of hydroxylamine groups is 2. The Morgan fingerprint density at radius 2 is 1.40 bits per heavy atom. The van der Waals surface area contributed by atoms with E-state index in [4.69, 9.17) is 22.0 Å². The average Bonchev–Trinajstić information content (AvgIpc) is 3.77. The molecule has 0 spiro atoms. The first-order valence-electron chi connectivity index (χ1n) is 17.9. The van der Waals surface area contributed by atoms with Crippen molar-refractivity contribution >= 4 is 73.5 Å². The number of amides is 6. The van der Waals surface area contributed by atoms with E-state index in [1.165, 1.54) is 4.70 Å². The number of H-pyrrole nitrogens is 1. The molecule has 15 heteroatoms.